The van der Waals surface area contributed by atoms with E-state index in [9.17, 15) is 8.42 Å². The molecule has 0 saturated heterocycles. The number of rotatable bonds is 4. The van der Waals surface area contributed by atoms with Gasteiger partial charge in [0.15, 0.2) is 5.82 Å². The van der Waals surface area contributed by atoms with Gasteiger partial charge in [-0.1, -0.05) is 0 Å². The third kappa shape index (κ3) is 2.72. The molecule has 0 amide bonds. The minimum absolute atomic E-state index is 0.0622. The SMILES string of the molecule is CNc1ccc(S(=O)(=O)Nc2cccnn2)cn1. The molecule has 0 bridgehead atoms. The number of nitrogens with one attached hydrogen (secondary N) is 2. The monoisotopic (exact) mass is 265 g/mol. The van der Waals surface area contributed by atoms with Gasteiger partial charge in [-0.05, 0) is 24.3 Å². The van der Waals surface area contributed by atoms with Crippen LogP contribution in [0.2, 0.25) is 0 Å². The summed E-state index contributed by atoms with van der Waals surface area (Å²) in [5.74, 6) is 0.753. The Hall–Kier alpha value is -2.22. The van der Waals surface area contributed by atoms with Crippen molar-refractivity contribution in [1.29, 1.82) is 0 Å². The van der Waals surface area contributed by atoms with Gasteiger partial charge < -0.3 is 5.32 Å². The lowest BCUT2D eigenvalue weighted by Crippen LogP contribution is -2.14. The van der Waals surface area contributed by atoms with Crippen LogP contribution in [0.15, 0.2) is 41.6 Å². The predicted molar refractivity (Wildman–Crippen MR) is 66.6 cm³/mol. The molecule has 0 radical (unpaired) electrons. The van der Waals surface area contributed by atoms with Gasteiger partial charge in [0.2, 0.25) is 0 Å². The normalized spacial score (nSPS) is 10.9. The number of sulfonamides is 1. The van der Waals surface area contributed by atoms with Crippen LogP contribution in [-0.2, 0) is 10.0 Å². The van der Waals surface area contributed by atoms with E-state index in [1.54, 1.807) is 19.2 Å². The van der Waals surface area contributed by atoms with Crippen molar-refractivity contribution in [2.24, 2.45) is 0 Å². The molecule has 0 aromatic carbocycles. The van der Waals surface area contributed by atoms with E-state index in [4.69, 9.17) is 0 Å². The van der Waals surface area contributed by atoms with E-state index in [2.05, 4.69) is 25.2 Å². The van der Waals surface area contributed by atoms with E-state index in [-0.39, 0.29) is 10.7 Å². The zero-order valence-electron chi connectivity index (χ0n) is 9.53. The fourth-order valence-electron chi connectivity index (χ4n) is 1.24. The van der Waals surface area contributed by atoms with Crippen molar-refractivity contribution < 1.29 is 8.42 Å². The number of aromatic nitrogens is 3. The topological polar surface area (TPSA) is 96.9 Å². The molecule has 0 unspecified atom stereocenters. The van der Waals surface area contributed by atoms with Crippen LogP contribution in [0.4, 0.5) is 11.6 Å². The molecule has 7 nitrogen and oxygen atoms in total. The molecule has 2 heterocycles. The average molecular weight is 265 g/mol. The second kappa shape index (κ2) is 4.96. The van der Waals surface area contributed by atoms with Crippen molar-refractivity contribution in [3.63, 3.8) is 0 Å². The molecule has 0 aliphatic rings. The van der Waals surface area contributed by atoms with E-state index >= 15 is 0 Å². The summed E-state index contributed by atoms with van der Waals surface area (Å²) >= 11 is 0. The van der Waals surface area contributed by atoms with Crippen molar-refractivity contribution in [2.45, 2.75) is 4.90 Å². The van der Waals surface area contributed by atoms with Crippen LogP contribution in [0.3, 0.4) is 0 Å². The van der Waals surface area contributed by atoms with Crippen LogP contribution in [0, 0.1) is 0 Å². The zero-order chi connectivity index (χ0) is 13.0. The number of anilines is 2. The standard InChI is InChI=1S/C10H11N5O2S/c1-11-9-5-4-8(7-12-9)18(16,17)15-10-3-2-6-13-14-10/h2-7H,1H3,(H,11,12)(H,14,15). The summed E-state index contributed by atoms with van der Waals surface area (Å²) in [5, 5.41) is 10.0. The van der Waals surface area contributed by atoms with Crippen molar-refractivity contribution in [1.82, 2.24) is 15.2 Å². The zero-order valence-corrected chi connectivity index (χ0v) is 10.3. The molecule has 0 spiro atoms. The third-order valence-corrected chi connectivity index (χ3v) is 3.45. The van der Waals surface area contributed by atoms with Gasteiger partial charge in [-0.3, -0.25) is 4.72 Å². The van der Waals surface area contributed by atoms with Gasteiger partial charge in [-0.15, -0.1) is 5.10 Å². The molecule has 2 aromatic heterocycles. The maximum absolute atomic E-state index is 12.0. The van der Waals surface area contributed by atoms with Gasteiger partial charge in [0.1, 0.15) is 10.7 Å². The van der Waals surface area contributed by atoms with Gasteiger partial charge in [-0.25, -0.2) is 13.4 Å². The Labute approximate surface area is 104 Å². The van der Waals surface area contributed by atoms with Gasteiger partial charge in [0.05, 0.1) is 0 Å². The average Bonchev–Trinajstić information content (AvgIpc) is 2.39. The lowest BCUT2D eigenvalue weighted by atomic mass is 10.5. The van der Waals surface area contributed by atoms with Crippen molar-refractivity contribution in [3.05, 3.63) is 36.7 Å². The maximum atomic E-state index is 12.0. The third-order valence-electron chi connectivity index (χ3n) is 2.11. The van der Waals surface area contributed by atoms with Crippen LogP contribution in [-0.4, -0.2) is 30.6 Å². The lowest BCUT2D eigenvalue weighted by Gasteiger charge is -2.06. The first-order valence-electron chi connectivity index (χ1n) is 5.06. The quantitative estimate of drug-likeness (QED) is 0.845. The molecule has 8 heteroatoms. The Morgan fingerprint density at radius 2 is 2.00 bits per heavy atom. The van der Waals surface area contributed by atoms with Gasteiger partial charge in [0, 0.05) is 19.4 Å². The summed E-state index contributed by atoms with van der Waals surface area (Å²) in [6.45, 7) is 0. The van der Waals surface area contributed by atoms with Crippen LogP contribution < -0.4 is 10.0 Å². The van der Waals surface area contributed by atoms with E-state index in [1.165, 1.54) is 24.5 Å². The highest BCUT2D eigenvalue weighted by molar-refractivity contribution is 7.92. The van der Waals surface area contributed by atoms with Crippen LogP contribution >= 0.6 is 0 Å². The van der Waals surface area contributed by atoms with Gasteiger partial charge in [-0.2, -0.15) is 5.10 Å². The minimum atomic E-state index is -3.68. The maximum Gasteiger partial charge on any atom is 0.264 e. The summed E-state index contributed by atoms with van der Waals surface area (Å²) in [6.07, 6.45) is 2.73. The molecule has 94 valence electrons. The summed E-state index contributed by atoms with van der Waals surface area (Å²) in [6, 6.07) is 6.13. The molecule has 18 heavy (non-hydrogen) atoms. The molecular weight excluding hydrogens is 254 g/mol. The summed E-state index contributed by atoms with van der Waals surface area (Å²) in [5.41, 5.74) is 0. The molecule has 2 aromatic rings. The van der Waals surface area contributed by atoms with E-state index < -0.39 is 10.0 Å². The molecule has 0 aliphatic carbocycles. The molecular formula is C10H11N5O2S. The first kappa shape index (κ1) is 12.2. The van der Waals surface area contributed by atoms with Crippen LogP contribution in [0.1, 0.15) is 0 Å². The van der Waals surface area contributed by atoms with Crippen molar-refractivity contribution in [3.8, 4) is 0 Å². The van der Waals surface area contributed by atoms with E-state index in [0.29, 0.717) is 5.82 Å². The molecule has 0 fully saturated rings. The molecule has 0 aliphatic heterocycles. The number of hydrogen-bond acceptors (Lipinski definition) is 6. The Balaban J connectivity index is 2.25. The Morgan fingerprint density at radius 3 is 2.56 bits per heavy atom. The summed E-state index contributed by atoms with van der Waals surface area (Å²) in [7, 11) is -1.98. The lowest BCUT2D eigenvalue weighted by molar-refractivity contribution is 0.600. The van der Waals surface area contributed by atoms with Crippen LogP contribution in [0.25, 0.3) is 0 Å². The molecule has 0 atom stereocenters. The van der Waals surface area contributed by atoms with Gasteiger partial charge >= 0.3 is 0 Å². The first-order chi connectivity index (χ1) is 8.62. The fraction of sp³-hybridized carbons (Fsp3) is 0.100. The highest BCUT2D eigenvalue weighted by atomic mass is 32.2. The fourth-order valence-corrected chi connectivity index (χ4v) is 2.18. The van der Waals surface area contributed by atoms with E-state index in [0.717, 1.165) is 0 Å². The van der Waals surface area contributed by atoms with Gasteiger partial charge in [0.25, 0.3) is 10.0 Å². The van der Waals surface area contributed by atoms with Crippen LogP contribution in [0.5, 0.6) is 0 Å². The first-order valence-corrected chi connectivity index (χ1v) is 6.54. The van der Waals surface area contributed by atoms with Crippen molar-refractivity contribution >= 4 is 21.7 Å². The molecule has 2 rings (SSSR count). The van der Waals surface area contributed by atoms with Crippen molar-refractivity contribution in [2.75, 3.05) is 17.1 Å². The van der Waals surface area contributed by atoms with E-state index in [1.807, 2.05) is 0 Å². The Kier molecular flexibility index (Phi) is 3.38. The second-order valence-corrected chi connectivity index (χ2v) is 5.03. The number of hydrogen-bond donors (Lipinski definition) is 2. The smallest absolute Gasteiger partial charge is 0.264 e. The predicted octanol–water partition coefficient (Wildman–Crippen LogP) is 0.714. The highest BCUT2D eigenvalue weighted by Crippen LogP contribution is 2.13. The summed E-state index contributed by atoms with van der Waals surface area (Å²) < 4.78 is 26.2. The number of pyridine rings is 1. The molecule has 0 saturated carbocycles. The second-order valence-electron chi connectivity index (χ2n) is 3.34. The largest absolute Gasteiger partial charge is 0.373 e. The summed E-state index contributed by atoms with van der Waals surface area (Å²) in [4.78, 5) is 4.00. The number of nitrogens with zero attached hydrogens (tertiary/aromatic N) is 3. The Bertz CT molecular complexity index is 612. The minimum Gasteiger partial charge on any atom is -0.373 e. The molecule has 2 N–H and O–H groups in total. The highest BCUT2D eigenvalue weighted by Gasteiger charge is 2.15. The Morgan fingerprint density at radius 1 is 1.17 bits per heavy atom.